The van der Waals surface area contributed by atoms with Crippen molar-refractivity contribution in [2.75, 3.05) is 33.8 Å². The Labute approximate surface area is 284 Å². The molecule has 0 unspecified atom stereocenters. The van der Waals surface area contributed by atoms with Crippen LogP contribution in [0.5, 0.6) is 5.88 Å². The maximum absolute atomic E-state index is 14.0. The van der Waals surface area contributed by atoms with Gasteiger partial charge in [0.1, 0.15) is 18.0 Å². The van der Waals surface area contributed by atoms with Gasteiger partial charge >= 0.3 is 6.09 Å². The van der Waals surface area contributed by atoms with Gasteiger partial charge in [0, 0.05) is 61.0 Å². The van der Waals surface area contributed by atoms with Crippen LogP contribution in [0.15, 0.2) is 72.9 Å². The quantitative estimate of drug-likeness (QED) is 0.160. The highest BCUT2D eigenvalue weighted by Crippen LogP contribution is 2.41. The molecular weight excluding hydrogens is 642 g/mol. The van der Waals surface area contributed by atoms with E-state index in [1.165, 1.54) is 28.0 Å². The van der Waals surface area contributed by atoms with E-state index in [-0.39, 0.29) is 30.6 Å². The van der Waals surface area contributed by atoms with Crippen LogP contribution in [-0.4, -0.2) is 71.2 Å². The summed E-state index contributed by atoms with van der Waals surface area (Å²) in [5, 5.41) is 1.70. The molecule has 0 radical (unpaired) electrons. The molecule has 0 atom stereocenters. The van der Waals surface area contributed by atoms with Gasteiger partial charge in [-0.25, -0.2) is 14.2 Å². The summed E-state index contributed by atoms with van der Waals surface area (Å²) in [7, 11) is 3.30. The minimum absolute atomic E-state index is 0.128. The Bertz CT molecular complexity index is 1790. The fourth-order valence-electron chi connectivity index (χ4n) is 4.87. The van der Waals surface area contributed by atoms with Crippen LogP contribution in [0.4, 0.5) is 9.18 Å². The average molecular weight is 682 g/mol. The number of amides is 2. The third kappa shape index (κ3) is 9.14. The second kappa shape index (κ2) is 15.5. The normalized spacial score (nSPS) is 12.3. The van der Waals surface area contributed by atoms with Crippen molar-refractivity contribution in [2.24, 2.45) is 0 Å². The minimum atomic E-state index is -0.689. The molecule has 2 aromatic carbocycles. The van der Waals surface area contributed by atoms with Crippen molar-refractivity contribution in [3.63, 3.8) is 0 Å². The molecule has 1 N–H and O–H groups in total. The molecular formula is C36H39Cl2FN4O4. The number of aromatic nitrogens is 2. The lowest BCUT2D eigenvalue weighted by molar-refractivity contribution is -0.123. The van der Waals surface area contributed by atoms with Gasteiger partial charge in [0.05, 0.1) is 22.3 Å². The Morgan fingerprint density at radius 3 is 2.43 bits per heavy atom. The number of hydrogen-bond acceptors (Lipinski definition) is 5. The number of carbonyl (C=O) groups is 2. The van der Waals surface area contributed by atoms with Crippen LogP contribution in [-0.2, 0) is 9.53 Å². The molecule has 0 spiro atoms. The van der Waals surface area contributed by atoms with Crippen LogP contribution in [0.2, 0.25) is 10.0 Å². The number of likely N-dealkylation sites (N-methyl/N-ethyl adjacent to an activating group) is 1. The van der Waals surface area contributed by atoms with Gasteiger partial charge in [0.15, 0.2) is 0 Å². The second-order valence-corrected chi connectivity index (χ2v) is 12.8. The van der Waals surface area contributed by atoms with Crippen molar-refractivity contribution in [1.29, 1.82) is 0 Å². The first kappa shape index (κ1) is 35.5. The van der Waals surface area contributed by atoms with Crippen molar-refractivity contribution >= 4 is 57.3 Å². The topological polar surface area (TPSA) is 87.8 Å². The van der Waals surface area contributed by atoms with E-state index in [2.05, 4.69) is 9.97 Å². The molecule has 0 bridgehead atoms. The fourth-order valence-corrected chi connectivity index (χ4v) is 5.46. The SMILES string of the molecule is CC/C(=C(/c1ccc(OCCN(C/C=C/C(=O)N(C)C)C(=O)OC(C)(C)C)nc1)c1[nH]c2ccccc2c1Cl)c1ccc(F)cc1Cl. The highest BCUT2D eigenvalue weighted by atomic mass is 35.5. The van der Waals surface area contributed by atoms with Crippen LogP contribution in [0, 0.1) is 5.82 Å². The monoisotopic (exact) mass is 680 g/mol. The van der Waals surface area contributed by atoms with E-state index in [9.17, 15) is 14.0 Å². The largest absolute Gasteiger partial charge is 0.476 e. The summed E-state index contributed by atoms with van der Waals surface area (Å²) in [6, 6.07) is 15.7. The van der Waals surface area contributed by atoms with E-state index < -0.39 is 17.5 Å². The molecule has 8 nitrogen and oxygen atoms in total. The van der Waals surface area contributed by atoms with Crippen molar-refractivity contribution in [2.45, 2.75) is 39.7 Å². The molecule has 0 saturated carbocycles. The van der Waals surface area contributed by atoms with Crippen LogP contribution in [0.1, 0.15) is 50.9 Å². The number of H-pyrrole nitrogens is 1. The van der Waals surface area contributed by atoms with E-state index in [4.69, 9.17) is 32.7 Å². The standard InChI is InChI=1S/C36H39Cl2FN4O4/c1-7-25(26-16-15-24(39)21-28(26)37)32(34-33(38)27-11-8-9-12-29(27)41-34)23-14-17-30(40-22-23)46-20-19-43(35(45)47-36(2,3)4)18-10-13-31(44)42(5)6/h8-17,21-22,41H,7,18-20H2,1-6H3/b13-10+,32-25+. The van der Waals surface area contributed by atoms with E-state index >= 15 is 0 Å². The van der Waals surface area contributed by atoms with Crippen LogP contribution in [0.3, 0.4) is 0 Å². The summed E-state index contributed by atoms with van der Waals surface area (Å²) in [6.45, 7) is 7.84. The third-order valence-corrected chi connectivity index (χ3v) is 7.82. The number of para-hydroxylation sites is 1. The highest BCUT2D eigenvalue weighted by molar-refractivity contribution is 6.38. The number of rotatable bonds is 11. The zero-order valence-electron chi connectivity index (χ0n) is 27.4. The van der Waals surface area contributed by atoms with Gasteiger partial charge in [-0.1, -0.05) is 60.5 Å². The number of hydrogen-bond donors (Lipinski definition) is 1. The first-order valence-electron chi connectivity index (χ1n) is 15.2. The number of carbonyl (C=O) groups excluding carboxylic acids is 2. The molecule has 0 saturated heterocycles. The second-order valence-electron chi connectivity index (χ2n) is 12.0. The Morgan fingerprint density at radius 2 is 1.81 bits per heavy atom. The molecule has 4 aromatic rings. The number of halogens is 3. The van der Waals surface area contributed by atoms with Crippen LogP contribution < -0.4 is 4.74 Å². The van der Waals surface area contributed by atoms with Crippen molar-refractivity contribution in [3.05, 3.63) is 106 Å². The predicted molar refractivity (Wildman–Crippen MR) is 186 cm³/mol. The molecule has 2 aromatic heterocycles. The van der Waals surface area contributed by atoms with E-state index in [0.29, 0.717) is 28.6 Å². The zero-order valence-corrected chi connectivity index (χ0v) is 28.9. The number of allylic oxidation sites excluding steroid dienone is 1. The lowest BCUT2D eigenvalue weighted by Gasteiger charge is -2.26. The number of benzene rings is 2. The number of nitrogens with zero attached hydrogens (tertiary/aromatic N) is 3. The Balaban J connectivity index is 1.62. The number of ether oxygens (including phenoxy) is 2. The lowest BCUT2D eigenvalue weighted by Crippen LogP contribution is -2.39. The van der Waals surface area contributed by atoms with Gasteiger partial charge < -0.3 is 24.3 Å². The van der Waals surface area contributed by atoms with E-state index in [1.54, 1.807) is 59.3 Å². The summed E-state index contributed by atoms with van der Waals surface area (Å²) in [6.07, 6.45) is 4.75. The Kier molecular flexibility index (Phi) is 11.7. The molecule has 2 heterocycles. The predicted octanol–water partition coefficient (Wildman–Crippen LogP) is 8.64. The summed E-state index contributed by atoms with van der Waals surface area (Å²) in [5.41, 5.74) is 3.93. The molecule has 0 aliphatic rings. The number of aromatic amines is 1. The van der Waals surface area contributed by atoms with Crippen molar-refractivity contribution < 1.29 is 23.5 Å². The van der Waals surface area contributed by atoms with Gasteiger partial charge in [0.2, 0.25) is 11.8 Å². The zero-order chi connectivity index (χ0) is 34.3. The van der Waals surface area contributed by atoms with Crippen LogP contribution in [0.25, 0.3) is 22.0 Å². The van der Waals surface area contributed by atoms with Crippen molar-refractivity contribution in [1.82, 2.24) is 19.8 Å². The van der Waals surface area contributed by atoms with Gasteiger partial charge in [-0.05, 0) is 62.6 Å². The third-order valence-electron chi connectivity index (χ3n) is 7.12. The summed E-state index contributed by atoms with van der Waals surface area (Å²) < 4.78 is 25.5. The Morgan fingerprint density at radius 1 is 1.06 bits per heavy atom. The smallest absolute Gasteiger partial charge is 0.410 e. The van der Waals surface area contributed by atoms with Gasteiger partial charge in [-0.15, -0.1) is 0 Å². The summed E-state index contributed by atoms with van der Waals surface area (Å²) in [4.78, 5) is 35.7. The highest BCUT2D eigenvalue weighted by Gasteiger charge is 2.23. The number of nitrogens with one attached hydrogen (secondary N) is 1. The lowest BCUT2D eigenvalue weighted by atomic mass is 9.91. The molecule has 2 amide bonds. The summed E-state index contributed by atoms with van der Waals surface area (Å²) in [5.74, 6) is -0.271. The molecule has 248 valence electrons. The fraction of sp³-hybridized carbons (Fsp3) is 0.306. The van der Waals surface area contributed by atoms with Gasteiger partial charge in [0.25, 0.3) is 0 Å². The average Bonchev–Trinajstić information content (AvgIpc) is 3.34. The number of pyridine rings is 1. The molecule has 0 aliphatic carbocycles. The minimum Gasteiger partial charge on any atom is -0.476 e. The molecule has 11 heteroatoms. The van der Waals surface area contributed by atoms with E-state index in [0.717, 1.165) is 27.6 Å². The molecule has 0 fully saturated rings. The molecule has 4 rings (SSSR count). The molecule has 0 aliphatic heterocycles. The van der Waals surface area contributed by atoms with E-state index in [1.807, 2.05) is 37.3 Å². The maximum Gasteiger partial charge on any atom is 0.410 e. The summed E-state index contributed by atoms with van der Waals surface area (Å²) >= 11 is 13.5. The van der Waals surface area contributed by atoms with Crippen molar-refractivity contribution in [3.8, 4) is 5.88 Å². The first-order chi connectivity index (χ1) is 22.3. The Hall–Kier alpha value is -4.34. The van der Waals surface area contributed by atoms with Gasteiger partial charge in [-0.3, -0.25) is 4.79 Å². The van der Waals surface area contributed by atoms with Gasteiger partial charge in [-0.2, -0.15) is 0 Å². The maximum atomic E-state index is 14.0. The van der Waals surface area contributed by atoms with Crippen LogP contribution >= 0.6 is 23.2 Å². The first-order valence-corrected chi connectivity index (χ1v) is 15.9. The number of fused-ring (bicyclic) bond motifs is 1. The molecule has 47 heavy (non-hydrogen) atoms.